The van der Waals surface area contributed by atoms with E-state index < -0.39 is 0 Å². The predicted octanol–water partition coefficient (Wildman–Crippen LogP) is 1.79. The third kappa shape index (κ3) is 1.27. The molecule has 0 amide bonds. The Morgan fingerprint density at radius 3 is 2.67 bits per heavy atom. The quantitative estimate of drug-likeness (QED) is 0.596. The lowest BCUT2D eigenvalue weighted by Crippen LogP contribution is -1.95. The van der Waals surface area contributed by atoms with Crippen LogP contribution in [0.15, 0.2) is 48.9 Å². The lowest BCUT2D eigenvalue weighted by Gasteiger charge is -2.02. The molecule has 3 rings (SSSR count). The van der Waals surface area contributed by atoms with Crippen LogP contribution in [0, 0.1) is 0 Å². The Balaban J connectivity index is 2.31. The maximum atomic E-state index is 4.14. The SMILES string of the molecule is c1ccc(-c2ccnc3ncnn23)cc1. The van der Waals surface area contributed by atoms with Crippen molar-refractivity contribution in [2.45, 2.75) is 0 Å². The molecule has 0 aliphatic carbocycles. The van der Waals surface area contributed by atoms with Crippen LogP contribution < -0.4 is 0 Å². The number of rotatable bonds is 1. The van der Waals surface area contributed by atoms with Gasteiger partial charge in [0.2, 0.25) is 0 Å². The first-order valence-corrected chi connectivity index (χ1v) is 4.65. The first-order chi connectivity index (χ1) is 7.45. The van der Waals surface area contributed by atoms with Gasteiger partial charge in [0.15, 0.2) is 0 Å². The highest BCUT2D eigenvalue weighted by Crippen LogP contribution is 2.17. The molecule has 3 aromatic rings. The van der Waals surface area contributed by atoms with Gasteiger partial charge in [0, 0.05) is 11.8 Å². The molecule has 72 valence electrons. The summed E-state index contributed by atoms with van der Waals surface area (Å²) in [7, 11) is 0. The van der Waals surface area contributed by atoms with Gasteiger partial charge in [-0.25, -0.2) is 4.98 Å². The van der Waals surface area contributed by atoms with Crippen molar-refractivity contribution in [3.8, 4) is 11.3 Å². The lowest BCUT2D eigenvalue weighted by atomic mass is 10.1. The van der Waals surface area contributed by atoms with Crippen molar-refractivity contribution < 1.29 is 0 Å². The van der Waals surface area contributed by atoms with Gasteiger partial charge in [-0.1, -0.05) is 30.3 Å². The van der Waals surface area contributed by atoms with Gasteiger partial charge >= 0.3 is 0 Å². The first kappa shape index (κ1) is 8.11. The van der Waals surface area contributed by atoms with E-state index in [4.69, 9.17) is 0 Å². The highest BCUT2D eigenvalue weighted by Gasteiger charge is 2.03. The molecule has 0 saturated heterocycles. The second-order valence-electron chi connectivity index (χ2n) is 3.17. The van der Waals surface area contributed by atoms with Crippen LogP contribution in [-0.2, 0) is 0 Å². The molecular weight excluding hydrogens is 188 g/mol. The Morgan fingerprint density at radius 1 is 0.933 bits per heavy atom. The summed E-state index contributed by atoms with van der Waals surface area (Å²) in [5, 5.41) is 4.14. The third-order valence-electron chi connectivity index (χ3n) is 2.25. The highest BCUT2D eigenvalue weighted by molar-refractivity contribution is 5.60. The van der Waals surface area contributed by atoms with Crippen molar-refractivity contribution in [1.29, 1.82) is 0 Å². The van der Waals surface area contributed by atoms with Crippen molar-refractivity contribution in [2.24, 2.45) is 0 Å². The molecular formula is C11H8N4. The summed E-state index contributed by atoms with van der Waals surface area (Å²) in [4.78, 5) is 8.16. The second kappa shape index (κ2) is 3.16. The van der Waals surface area contributed by atoms with E-state index >= 15 is 0 Å². The summed E-state index contributed by atoms with van der Waals surface area (Å²) in [6, 6.07) is 12.0. The van der Waals surface area contributed by atoms with Crippen LogP contribution in [0.25, 0.3) is 17.0 Å². The minimum absolute atomic E-state index is 0.622. The van der Waals surface area contributed by atoms with Gasteiger partial charge in [0.05, 0.1) is 5.69 Å². The molecule has 2 aromatic heterocycles. The number of nitrogens with zero attached hydrogens (tertiary/aromatic N) is 4. The van der Waals surface area contributed by atoms with Gasteiger partial charge in [0.25, 0.3) is 5.78 Å². The monoisotopic (exact) mass is 196 g/mol. The Bertz CT molecular complexity index is 586. The van der Waals surface area contributed by atoms with Crippen LogP contribution in [0.3, 0.4) is 0 Å². The average molecular weight is 196 g/mol. The van der Waals surface area contributed by atoms with E-state index in [0.717, 1.165) is 11.3 Å². The van der Waals surface area contributed by atoms with E-state index in [1.54, 1.807) is 10.7 Å². The molecule has 15 heavy (non-hydrogen) atoms. The molecule has 0 radical (unpaired) electrons. The molecule has 4 heteroatoms. The van der Waals surface area contributed by atoms with Crippen molar-refractivity contribution in [2.75, 3.05) is 0 Å². The molecule has 0 aliphatic rings. The lowest BCUT2D eigenvalue weighted by molar-refractivity contribution is 0.948. The normalized spacial score (nSPS) is 10.7. The maximum Gasteiger partial charge on any atom is 0.252 e. The van der Waals surface area contributed by atoms with Crippen LogP contribution in [0.2, 0.25) is 0 Å². The second-order valence-corrected chi connectivity index (χ2v) is 3.17. The van der Waals surface area contributed by atoms with Crippen molar-refractivity contribution in [3.63, 3.8) is 0 Å². The van der Waals surface area contributed by atoms with E-state index in [2.05, 4.69) is 15.1 Å². The van der Waals surface area contributed by atoms with E-state index in [9.17, 15) is 0 Å². The van der Waals surface area contributed by atoms with Crippen molar-refractivity contribution >= 4 is 5.78 Å². The Hall–Kier alpha value is -2.23. The Morgan fingerprint density at radius 2 is 1.80 bits per heavy atom. The molecule has 0 saturated carbocycles. The zero-order valence-electron chi connectivity index (χ0n) is 7.91. The summed E-state index contributed by atoms with van der Waals surface area (Å²) in [6.45, 7) is 0. The summed E-state index contributed by atoms with van der Waals surface area (Å²) < 4.78 is 1.73. The predicted molar refractivity (Wildman–Crippen MR) is 56.2 cm³/mol. The molecule has 0 unspecified atom stereocenters. The summed E-state index contributed by atoms with van der Waals surface area (Å²) in [5.74, 6) is 0.622. The number of fused-ring (bicyclic) bond motifs is 1. The zero-order valence-corrected chi connectivity index (χ0v) is 7.91. The van der Waals surface area contributed by atoms with Crippen molar-refractivity contribution in [1.82, 2.24) is 19.6 Å². The topological polar surface area (TPSA) is 43.1 Å². The van der Waals surface area contributed by atoms with E-state index in [1.807, 2.05) is 36.4 Å². The number of hydrogen-bond donors (Lipinski definition) is 0. The van der Waals surface area contributed by atoms with Gasteiger partial charge in [-0.2, -0.15) is 14.6 Å². The van der Waals surface area contributed by atoms with Gasteiger partial charge in [0.1, 0.15) is 6.33 Å². The molecule has 0 spiro atoms. The van der Waals surface area contributed by atoms with Crippen LogP contribution >= 0.6 is 0 Å². The van der Waals surface area contributed by atoms with Crippen LogP contribution in [0.5, 0.6) is 0 Å². The van der Waals surface area contributed by atoms with Crippen LogP contribution in [0.4, 0.5) is 0 Å². The van der Waals surface area contributed by atoms with Gasteiger partial charge in [-0.3, -0.25) is 0 Å². The number of aromatic nitrogens is 4. The van der Waals surface area contributed by atoms with E-state index in [1.165, 1.54) is 6.33 Å². The fourth-order valence-corrected chi connectivity index (χ4v) is 1.57. The smallest absolute Gasteiger partial charge is 0.220 e. The fraction of sp³-hybridized carbons (Fsp3) is 0. The minimum atomic E-state index is 0.622. The summed E-state index contributed by atoms with van der Waals surface area (Å²) in [5.41, 5.74) is 2.11. The molecule has 0 aliphatic heterocycles. The Labute approximate surface area is 86.2 Å². The first-order valence-electron chi connectivity index (χ1n) is 4.65. The van der Waals surface area contributed by atoms with Crippen molar-refractivity contribution in [3.05, 3.63) is 48.9 Å². The third-order valence-corrected chi connectivity index (χ3v) is 2.25. The molecule has 1 aromatic carbocycles. The summed E-state index contributed by atoms with van der Waals surface area (Å²) >= 11 is 0. The Kier molecular flexibility index (Phi) is 1.71. The molecule has 0 atom stereocenters. The molecule has 0 N–H and O–H groups in total. The maximum absolute atomic E-state index is 4.14. The van der Waals surface area contributed by atoms with Gasteiger partial charge < -0.3 is 0 Å². The van der Waals surface area contributed by atoms with E-state index in [0.29, 0.717) is 5.78 Å². The van der Waals surface area contributed by atoms with Crippen LogP contribution in [-0.4, -0.2) is 19.6 Å². The van der Waals surface area contributed by atoms with Gasteiger partial charge in [-0.05, 0) is 6.07 Å². The van der Waals surface area contributed by atoms with Gasteiger partial charge in [-0.15, -0.1) is 0 Å². The molecule has 2 heterocycles. The molecule has 4 nitrogen and oxygen atoms in total. The number of benzene rings is 1. The fourth-order valence-electron chi connectivity index (χ4n) is 1.57. The van der Waals surface area contributed by atoms with E-state index in [-0.39, 0.29) is 0 Å². The summed E-state index contributed by atoms with van der Waals surface area (Å²) in [6.07, 6.45) is 3.25. The molecule has 0 fully saturated rings. The van der Waals surface area contributed by atoms with Crippen LogP contribution in [0.1, 0.15) is 0 Å². The minimum Gasteiger partial charge on any atom is -0.220 e. The number of hydrogen-bond acceptors (Lipinski definition) is 3. The zero-order chi connectivity index (χ0) is 10.1. The molecule has 0 bridgehead atoms. The average Bonchev–Trinajstić information content (AvgIpc) is 2.78. The standard InChI is InChI=1S/C11H8N4/c1-2-4-9(5-3-1)10-6-7-12-11-13-8-14-15(10)11/h1-8H. The highest BCUT2D eigenvalue weighted by atomic mass is 15.3. The largest absolute Gasteiger partial charge is 0.252 e.